The van der Waals surface area contributed by atoms with Gasteiger partial charge in [-0.3, -0.25) is 15.0 Å². The molecule has 5 rings (SSSR count). The number of hydrogen-bond acceptors (Lipinski definition) is 9. The number of ether oxygens (including phenoxy) is 1. The predicted octanol–water partition coefficient (Wildman–Crippen LogP) is 4.80. The number of nitrogens with one attached hydrogen (secondary N) is 5. The Morgan fingerprint density at radius 2 is 1.61 bits per heavy atom. The van der Waals surface area contributed by atoms with Gasteiger partial charge < -0.3 is 25.8 Å². The van der Waals surface area contributed by atoms with E-state index in [0.29, 0.717) is 42.0 Å². The maximum absolute atomic E-state index is 14.0. The fourth-order valence-electron chi connectivity index (χ4n) is 6.01. The summed E-state index contributed by atoms with van der Waals surface area (Å²) in [4.78, 5) is 50.8. The highest BCUT2D eigenvalue weighted by molar-refractivity contribution is 6.00. The summed E-state index contributed by atoms with van der Waals surface area (Å²) >= 11 is 0. The summed E-state index contributed by atoms with van der Waals surface area (Å²) < 4.78 is 19.3. The summed E-state index contributed by atoms with van der Waals surface area (Å²) in [5.74, 6) is -2.22. The third-order valence-electron chi connectivity index (χ3n) is 8.72. The molecule has 1 fully saturated rings. The average Bonchev–Trinajstić information content (AvgIpc) is 3.53. The van der Waals surface area contributed by atoms with Crippen molar-refractivity contribution in [3.05, 3.63) is 89.2 Å². The number of hydrazone groups is 1. The van der Waals surface area contributed by atoms with E-state index in [1.54, 1.807) is 48.6 Å². The molecule has 3 aromatic carbocycles. The summed E-state index contributed by atoms with van der Waals surface area (Å²) in [7, 11) is 1.78. The molecule has 1 atom stereocenters. The standard InChI is InChI=1S/C37H44FN7O6/c1-37(2,3)51-36(50)39-21-23-7-11-26(12-8-23)33(46)41-31(34(47)40-28-16-13-25(14-17-28)32-42-44-45(4)43-32)19-22-5-9-24(10-6-22)27-15-18-30(38)29(20-27)35(48)49/h5-6,9-10,13-18,20,23,26,31,44H,7-8,11-12,19,21H2,1-4H3,(H,39,50)(H,40,47)(H,41,46)(H,42,43)(H,48,49)/t23?,26?,31-/m0/s1. The van der Waals surface area contributed by atoms with E-state index in [1.165, 1.54) is 12.1 Å². The molecule has 3 aromatic rings. The van der Waals surface area contributed by atoms with Crippen molar-refractivity contribution >= 4 is 35.4 Å². The van der Waals surface area contributed by atoms with Gasteiger partial charge in [-0.15, -0.1) is 10.2 Å². The second-order valence-corrected chi connectivity index (χ2v) is 13.9. The molecular formula is C37H44FN7O6. The van der Waals surface area contributed by atoms with Crippen LogP contribution in [0.25, 0.3) is 11.1 Å². The number of carboxylic acids is 1. The molecular weight excluding hydrogens is 657 g/mol. The largest absolute Gasteiger partial charge is 0.478 e. The number of benzene rings is 3. The van der Waals surface area contributed by atoms with Crippen LogP contribution >= 0.6 is 0 Å². The number of anilines is 1. The van der Waals surface area contributed by atoms with Crippen LogP contribution in [-0.2, 0) is 20.7 Å². The molecule has 14 heteroatoms. The van der Waals surface area contributed by atoms with Crippen LogP contribution in [0, 0.1) is 17.7 Å². The van der Waals surface area contributed by atoms with Crippen molar-refractivity contribution in [2.75, 3.05) is 18.9 Å². The van der Waals surface area contributed by atoms with Crippen molar-refractivity contribution in [3.8, 4) is 11.1 Å². The first-order chi connectivity index (χ1) is 24.2. The number of amidine groups is 1. The molecule has 3 amide bonds. The van der Waals surface area contributed by atoms with Crippen molar-refractivity contribution in [1.82, 2.24) is 26.7 Å². The number of carbonyl (C=O) groups excluding carboxylic acids is 3. The molecule has 0 saturated heterocycles. The molecule has 0 unspecified atom stereocenters. The number of aromatic carboxylic acids is 1. The third kappa shape index (κ3) is 10.3. The van der Waals surface area contributed by atoms with Crippen LogP contribution in [0.2, 0.25) is 0 Å². The molecule has 1 aliphatic carbocycles. The first-order valence-electron chi connectivity index (χ1n) is 16.9. The number of hydrogen-bond donors (Lipinski definition) is 6. The van der Waals surface area contributed by atoms with Gasteiger partial charge in [-0.05, 0) is 105 Å². The summed E-state index contributed by atoms with van der Waals surface area (Å²) in [5.41, 5.74) is 8.14. The molecule has 270 valence electrons. The van der Waals surface area contributed by atoms with Crippen LogP contribution in [0.1, 0.15) is 67.9 Å². The van der Waals surface area contributed by atoms with Gasteiger partial charge in [-0.2, -0.15) is 0 Å². The lowest BCUT2D eigenvalue weighted by molar-refractivity contribution is -0.130. The SMILES string of the molecule is CN1NN=C(c2ccc(NC(=O)[C@H](Cc3ccc(-c4ccc(F)c(C(=O)O)c4)cc3)NC(=O)C3CCC(CNC(=O)OC(C)(C)C)CC3)cc2)N1. The maximum Gasteiger partial charge on any atom is 0.407 e. The van der Waals surface area contributed by atoms with E-state index in [1.807, 2.05) is 32.9 Å². The number of nitrogens with zero attached hydrogens (tertiary/aromatic N) is 2. The molecule has 51 heavy (non-hydrogen) atoms. The van der Waals surface area contributed by atoms with E-state index in [9.17, 15) is 28.7 Å². The number of amides is 3. The van der Waals surface area contributed by atoms with E-state index in [0.717, 1.165) is 30.0 Å². The maximum atomic E-state index is 14.0. The lowest BCUT2D eigenvalue weighted by Crippen LogP contribution is -2.48. The van der Waals surface area contributed by atoms with Gasteiger partial charge in [0, 0.05) is 37.2 Å². The zero-order valence-corrected chi connectivity index (χ0v) is 29.1. The Bertz CT molecular complexity index is 1770. The normalized spacial score (nSPS) is 18.0. The molecule has 0 spiro atoms. The Balaban J connectivity index is 1.25. The first-order valence-corrected chi connectivity index (χ1v) is 16.9. The zero-order chi connectivity index (χ0) is 36.7. The third-order valence-corrected chi connectivity index (χ3v) is 8.72. The van der Waals surface area contributed by atoms with Crippen LogP contribution in [0.5, 0.6) is 0 Å². The molecule has 1 aliphatic heterocycles. The van der Waals surface area contributed by atoms with Crippen molar-refractivity contribution < 1.29 is 33.4 Å². The van der Waals surface area contributed by atoms with Crippen LogP contribution in [0.4, 0.5) is 14.9 Å². The summed E-state index contributed by atoms with van der Waals surface area (Å²) in [6.07, 6.45) is 2.46. The van der Waals surface area contributed by atoms with Gasteiger partial charge in [0.2, 0.25) is 11.8 Å². The Morgan fingerprint density at radius 1 is 0.961 bits per heavy atom. The Labute approximate surface area is 296 Å². The second-order valence-electron chi connectivity index (χ2n) is 13.9. The number of carboxylic acid groups (broad SMARTS) is 1. The number of rotatable bonds is 11. The fraction of sp³-hybridized carbons (Fsp3) is 0.378. The second kappa shape index (κ2) is 16.0. The van der Waals surface area contributed by atoms with Crippen molar-refractivity contribution in [1.29, 1.82) is 0 Å². The highest BCUT2D eigenvalue weighted by Gasteiger charge is 2.30. The zero-order valence-electron chi connectivity index (χ0n) is 29.1. The minimum atomic E-state index is -1.36. The molecule has 13 nitrogen and oxygen atoms in total. The minimum Gasteiger partial charge on any atom is -0.478 e. The van der Waals surface area contributed by atoms with Crippen LogP contribution in [0.15, 0.2) is 71.8 Å². The van der Waals surface area contributed by atoms with E-state index >= 15 is 0 Å². The number of carbonyl (C=O) groups is 4. The highest BCUT2D eigenvalue weighted by Crippen LogP contribution is 2.29. The van der Waals surface area contributed by atoms with E-state index in [4.69, 9.17) is 4.74 Å². The molecule has 1 saturated carbocycles. The van der Waals surface area contributed by atoms with Gasteiger partial charge >= 0.3 is 12.1 Å². The summed E-state index contributed by atoms with van der Waals surface area (Å²) in [5, 5.41) is 23.8. The lowest BCUT2D eigenvalue weighted by atomic mass is 9.81. The predicted molar refractivity (Wildman–Crippen MR) is 190 cm³/mol. The monoisotopic (exact) mass is 701 g/mol. The molecule has 2 aliphatic rings. The first kappa shape index (κ1) is 36.8. The Kier molecular flexibility index (Phi) is 11.6. The van der Waals surface area contributed by atoms with Crippen LogP contribution < -0.4 is 26.9 Å². The molecule has 0 bridgehead atoms. The Hall–Kier alpha value is -5.50. The van der Waals surface area contributed by atoms with Gasteiger partial charge in [-0.25, -0.2) is 19.5 Å². The van der Waals surface area contributed by atoms with E-state index in [-0.39, 0.29) is 24.2 Å². The number of alkyl carbamates (subject to hydrolysis) is 1. The van der Waals surface area contributed by atoms with Crippen LogP contribution in [-0.4, -0.2) is 65.2 Å². The quantitative estimate of drug-likeness (QED) is 0.164. The van der Waals surface area contributed by atoms with Crippen molar-refractivity contribution in [2.45, 2.75) is 64.5 Å². The summed E-state index contributed by atoms with van der Waals surface area (Å²) in [6.45, 7) is 5.89. The van der Waals surface area contributed by atoms with Gasteiger partial charge in [-0.1, -0.05) is 30.3 Å². The number of halogens is 1. The molecule has 6 N–H and O–H groups in total. The number of hydrazine groups is 2. The van der Waals surface area contributed by atoms with Crippen molar-refractivity contribution in [2.24, 2.45) is 16.9 Å². The average molecular weight is 702 g/mol. The van der Waals surface area contributed by atoms with E-state index < -0.39 is 41.0 Å². The molecule has 0 radical (unpaired) electrons. The van der Waals surface area contributed by atoms with Gasteiger partial charge in [0.15, 0.2) is 5.84 Å². The Morgan fingerprint density at radius 3 is 2.22 bits per heavy atom. The van der Waals surface area contributed by atoms with Gasteiger partial charge in [0.1, 0.15) is 17.5 Å². The highest BCUT2D eigenvalue weighted by atomic mass is 19.1. The van der Waals surface area contributed by atoms with Gasteiger partial charge in [0.25, 0.3) is 0 Å². The van der Waals surface area contributed by atoms with Crippen molar-refractivity contribution in [3.63, 3.8) is 0 Å². The minimum absolute atomic E-state index is 0.188. The van der Waals surface area contributed by atoms with E-state index in [2.05, 4.69) is 32.0 Å². The smallest absolute Gasteiger partial charge is 0.407 e. The fourth-order valence-corrected chi connectivity index (χ4v) is 6.01. The molecule has 1 heterocycles. The lowest BCUT2D eigenvalue weighted by Gasteiger charge is -2.29. The van der Waals surface area contributed by atoms with Gasteiger partial charge in [0.05, 0.1) is 5.56 Å². The summed E-state index contributed by atoms with van der Waals surface area (Å²) in [6, 6.07) is 17.3. The van der Waals surface area contributed by atoms with Crippen LogP contribution in [0.3, 0.4) is 0 Å². The molecule has 0 aromatic heterocycles. The topological polar surface area (TPSA) is 173 Å².